The maximum absolute atomic E-state index is 6.42. The molecule has 11 rings (SSSR count). The molecule has 0 aliphatic heterocycles. The van der Waals surface area contributed by atoms with Gasteiger partial charge in [-0.3, -0.25) is 0 Å². The van der Waals surface area contributed by atoms with Crippen LogP contribution >= 0.6 is 11.3 Å². The summed E-state index contributed by atoms with van der Waals surface area (Å²) in [5, 5.41) is 7.36. The first-order valence-electron chi connectivity index (χ1n) is 18.7. The summed E-state index contributed by atoms with van der Waals surface area (Å²) in [5.74, 6) is 0. The summed E-state index contributed by atoms with van der Waals surface area (Å²) in [7, 11) is 0. The van der Waals surface area contributed by atoms with Crippen LogP contribution in [-0.4, -0.2) is 0 Å². The molecule has 0 atom stereocenters. The number of hydrogen-bond donors (Lipinski definition) is 0. The lowest BCUT2D eigenvalue weighted by Gasteiger charge is -2.27. The summed E-state index contributed by atoms with van der Waals surface area (Å²) in [6, 6.07) is 72.2. The number of anilines is 3. The van der Waals surface area contributed by atoms with Crippen LogP contribution in [0.5, 0.6) is 0 Å². The van der Waals surface area contributed by atoms with Crippen molar-refractivity contribution >= 4 is 81.3 Å². The monoisotopic (exact) mass is 719 g/mol. The topological polar surface area (TPSA) is 16.4 Å². The quantitative estimate of drug-likeness (QED) is 0.170. The van der Waals surface area contributed by atoms with Gasteiger partial charge in [0, 0.05) is 47.9 Å². The standard InChI is InChI=1S/C52H33NOS/c1-2-12-41-36(10-1)11-7-15-42(41)37-24-22-34(23-25-37)35-26-30-39(31-27-35)53(47-18-9-21-50-51(47)46-14-4-6-20-49(46)55-50)40-32-28-38(29-33-40)43-16-8-17-45-44-13-3-5-19-48(44)54-52(43)45/h1-33H. The third-order valence-corrected chi connectivity index (χ3v) is 12.0. The van der Waals surface area contributed by atoms with E-state index in [1.807, 2.05) is 23.5 Å². The molecule has 0 aliphatic carbocycles. The van der Waals surface area contributed by atoms with Gasteiger partial charge in [0.15, 0.2) is 0 Å². The Morgan fingerprint density at radius 3 is 1.69 bits per heavy atom. The average molecular weight is 720 g/mol. The molecule has 55 heavy (non-hydrogen) atoms. The number of rotatable bonds is 6. The number of para-hydroxylation sites is 2. The van der Waals surface area contributed by atoms with Gasteiger partial charge in [-0.15, -0.1) is 11.3 Å². The van der Waals surface area contributed by atoms with Gasteiger partial charge in [0.05, 0.1) is 5.69 Å². The number of fused-ring (bicyclic) bond motifs is 7. The molecule has 0 aliphatic rings. The highest BCUT2D eigenvalue weighted by atomic mass is 32.1. The van der Waals surface area contributed by atoms with E-state index in [0.29, 0.717) is 0 Å². The van der Waals surface area contributed by atoms with E-state index in [2.05, 4.69) is 193 Å². The fourth-order valence-corrected chi connectivity index (χ4v) is 9.38. The fourth-order valence-electron chi connectivity index (χ4n) is 8.26. The first-order valence-corrected chi connectivity index (χ1v) is 19.5. The summed E-state index contributed by atoms with van der Waals surface area (Å²) in [4.78, 5) is 2.40. The van der Waals surface area contributed by atoms with Gasteiger partial charge in [-0.1, -0.05) is 152 Å². The molecule has 11 aromatic rings. The van der Waals surface area contributed by atoms with E-state index in [4.69, 9.17) is 4.42 Å². The second-order valence-corrected chi connectivity index (χ2v) is 15.1. The van der Waals surface area contributed by atoms with Gasteiger partial charge < -0.3 is 9.32 Å². The molecule has 2 nitrogen and oxygen atoms in total. The van der Waals surface area contributed by atoms with E-state index < -0.39 is 0 Å². The lowest BCUT2D eigenvalue weighted by molar-refractivity contribution is 0.670. The van der Waals surface area contributed by atoms with Gasteiger partial charge in [0.25, 0.3) is 0 Å². The van der Waals surface area contributed by atoms with Gasteiger partial charge in [0.1, 0.15) is 11.2 Å². The van der Waals surface area contributed by atoms with Crippen molar-refractivity contribution in [2.24, 2.45) is 0 Å². The molecule has 0 unspecified atom stereocenters. The van der Waals surface area contributed by atoms with Gasteiger partial charge >= 0.3 is 0 Å². The fraction of sp³-hybridized carbons (Fsp3) is 0. The predicted octanol–water partition coefficient (Wildman–Crippen LogP) is 15.6. The largest absolute Gasteiger partial charge is 0.455 e. The minimum atomic E-state index is 0.910. The summed E-state index contributed by atoms with van der Waals surface area (Å²) < 4.78 is 8.99. The molecule has 0 N–H and O–H groups in total. The van der Waals surface area contributed by atoms with E-state index in [1.54, 1.807) is 0 Å². The highest BCUT2D eigenvalue weighted by Gasteiger charge is 2.19. The van der Waals surface area contributed by atoms with Gasteiger partial charge in [-0.2, -0.15) is 0 Å². The number of furan rings is 1. The number of nitrogens with zero attached hydrogens (tertiary/aromatic N) is 1. The predicted molar refractivity (Wildman–Crippen MR) is 235 cm³/mol. The van der Waals surface area contributed by atoms with Crippen molar-refractivity contribution in [3.63, 3.8) is 0 Å². The zero-order valence-corrected chi connectivity index (χ0v) is 30.6. The molecule has 258 valence electrons. The Hall–Kier alpha value is -6.94. The summed E-state index contributed by atoms with van der Waals surface area (Å²) >= 11 is 1.85. The lowest BCUT2D eigenvalue weighted by atomic mass is 9.96. The van der Waals surface area contributed by atoms with Crippen molar-refractivity contribution in [3.05, 3.63) is 200 Å². The van der Waals surface area contributed by atoms with Crippen LogP contribution < -0.4 is 4.90 Å². The molecule has 0 fully saturated rings. The smallest absolute Gasteiger partial charge is 0.143 e. The third-order valence-electron chi connectivity index (χ3n) is 10.9. The highest BCUT2D eigenvalue weighted by Crippen LogP contribution is 2.46. The number of benzene rings is 9. The Morgan fingerprint density at radius 1 is 0.364 bits per heavy atom. The number of thiophene rings is 1. The lowest BCUT2D eigenvalue weighted by Crippen LogP contribution is -2.10. The van der Waals surface area contributed by atoms with E-state index in [0.717, 1.165) is 50.1 Å². The Kier molecular flexibility index (Phi) is 7.39. The Morgan fingerprint density at radius 2 is 0.891 bits per heavy atom. The molecular formula is C52H33NOS. The van der Waals surface area contributed by atoms with Crippen LogP contribution in [0, 0.1) is 0 Å². The molecule has 2 heterocycles. The zero-order chi connectivity index (χ0) is 36.3. The zero-order valence-electron chi connectivity index (χ0n) is 29.8. The maximum Gasteiger partial charge on any atom is 0.143 e. The Balaban J connectivity index is 1.000. The molecule has 0 bridgehead atoms. The van der Waals surface area contributed by atoms with Gasteiger partial charge in [-0.05, 0) is 87.1 Å². The van der Waals surface area contributed by atoms with Crippen molar-refractivity contribution in [1.82, 2.24) is 0 Å². The van der Waals surface area contributed by atoms with Crippen molar-refractivity contribution < 1.29 is 4.42 Å². The normalized spacial score (nSPS) is 11.6. The minimum absolute atomic E-state index is 0.910. The van der Waals surface area contributed by atoms with Crippen LogP contribution in [0.15, 0.2) is 205 Å². The molecule has 0 amide bonds. The molecular weight excluding hydrogens is 687 g/mol. The first kappa shape index (κ1) is 31.6. The molecule has 0 saturated carbocycles. The van der Waals surface area contributed by atoms with Crippen LogP contribution in [0.25, 0.3) is 86.3 Å². The average Bonchev–Trinajstić information content (AvgIpc) is 3.83. The van der Waals surface area contributed by atoms with Crippen molar-refractivity contribution in [3.8, 4) is 33.4 Å². The molecule has 0 radical (unpaired) electrons. The van der Waals surface area contributed by atoms with Crippen LogP contribution in [0.3, 0.4) is 0 Å². The second kappa shape index (κ2) is 12.9. The SMILES string of the molecule is c1ccc2c(-c3ccc(-c4ccc(N(c5ccc(-c6cccc7c6oc6ccccc67)cc5)c5cccc6sc7ccccc7c56)cc4)cc3)cccc2c1. The summed E-state index contributed by atoms with van der Waals surface area (Å²) in [6.45, 7) is 0. The van der Waals surface area contributed by atoms with Crippen LogP contribution in [0.1, 0.15) is 0 Å². The first-order chi connectivity index (χ1) is 27.3. The van der Waals surface area contributed by atoms with Crippen LogP contribution in [-0.2, 0) is 0 Å². The third kappa shape index (κ3) is 5.32. The highest BCUT2D eigenvalue weighted by molar-refractivity contribution is 7.26. The Labute approximate surface area is 322 Å². The van der Waals surface area contributed by atoms with Gasteiger partial charge in [0.2, 0.25) is 0 Å². The molecule has 0 spiro atoms. The Bertz CT molecular complexity index is 3180. The maximum atomic E-state index is 6.42. The molecule has 2 aromatic heterocycles. The minimum Gasteiger partial charge on any atom is -0.455 e. The molecule has 3 heteroatoms. The van der Waals surface area contributed by atoms with E-state index in [9.17, 15) is 0 Å². The van der Waals surface area contributed by atoms with E-state index in [-0.39, 0.29) is 0 Å². The number of hydrogen-bond acceptors (Lipinski definition) is 3. The van der Waals surface area contributed by atoms with Crippen molar-refractivity contribution in [2.75, 3.05) is 4.90 Å². The van der Waals surface area contributed by atoms with E-state index in [1.165, 1.54) is 53.2 Å². The summed E-state index contributed by atoms with van der Waals surface area (Å²) in [6.07, 6.45) is 0. The van der Waals surface area contributed by atoms with Gasteiger partial charge in [-0.25, -0.2) is 0 Å². The summed E-state index contributed by atoms with van der Waals surface area (Å²) in [5.41, 5.74) is 12.3. The van der Waals surface area contributed by atoms with Crippen molar-refractivity contribution in [2.45, 2.75) is 0 Å². The van der Waals surface area contributed by atoms with E-state index >= 15 is 0 Å². The van der Waals surface area contributed by atoms with Crippen LogP contribution in [0.2, 0.25) is 0 Å². The van der Waals surface area contributed by atoms with Crippen molar-refractivity contribution in [1.29, 1.82) is 0 Å². The second-order valence-electron chi connectivity index (χ2n) is 14.1. The molecule has 0 saturated heterocycles. The molecule has 9 aromatic carbocycles. The van der Waals surface area contributed by atoms with Crippen LogP contribution in [0.4, 0.5) is 17.1 Å².